The van der Waals surface area contributed by atoms with Gasteiger partial charge in [-0.25, -0.2) is 0 Å². The highest BCUT2D eigenvalue weighted by Gasteiger charge is 2.31. The number of rotatable bonds is 4. The first kappa shape index (κ1) is 17.1. The van der Waals surface area contributed by atoms with Crippen LogP contribution < -0.4 is 0 Å². The highest BCUT2D eigenvalue weighted by Crippen LogP contribution is 2.34. The molecule has 25 heavy (non-hydrogen) atoms. The van der Waals surface area contributed by atoms with Crippen molar-refractivity contribution < 1.29 is 25.2 Å². The molecule has 0 aliphatic heterocycles. The van der Waals surface area contributed by atoms with Crippen molar-refractivity contribution in [2.45, 2.75) is 32.1 Å². The monoisotopic (exact) mass is 342 g/mol. The normalized spacial score (nSPS) is 20.6. The summed E-state index contributed by atoms with van der Waals surface area (Å²) in [7, 11) is 0. The zero-order chi connectivity index (χ0) is 18.0. The summed E-state index contributed by atoms with van der Waals surface area (Å²) < 4.78 is 0. The Balaban J connectivity index is 1.69. The topological polar surface area (TPSA) is 98.0 Å². The predicted octanol–water partition coefficient (Wildman–Crippen LogP) is 3.28. The second kappa shape index (κ2) is 7.05. The average Bonchev–Trinajstić information content (AvgIpc) is 2.58. The van der Waals surface area contributed by atoms with E-state index in [1.807, 2.05) is 0 Å². The molecule has 1 fully saturated rings. The van der Waals surface area contributed by atoms with Gasteiger partial charge in [0.15, 0.2) is 23.0 Å². The minimum absolute atomic E-state index is 0.103. The largest absolute Gasteiger partial charge is 0.504 e. The summed E-state index contributed by atoms with van der Waals surface area (Å²) in [6.45, 7) is 0. The van der Waals surface area contributed by atoms with Gasteiger partial charge in [-0.3, -0.25) is 4.79 Å². The van der Waals surface area contributed by atoms with Gasteiger partial charge in [-0.15, -0.1) is 0 Å². The van der Waals surface area contributed by atoms with Gasteiger partial charge in [0.25, 0.3) is 0 Å². The number of hydrogen-bond acceptors (Lipinski definition) is 5. The van der Waals surface area contributed by atoms with Crippen LogP contribution in [0.25, 0.3) is 0 Å². The van der Waals surface area contributed by atoms with Crippen molar-refractivity contribution in [3.8, 4) is 23.0 Å². The van der Waals surface area contributed by atoms with E-state index in [1.54, 1.807) is 12.1 Å². The summed E-state index contributed by atoms with van der Waals surface area (Å²) in [5.74, 6) is -0.672. The fraction of sp³-hybridized carbons (Fsp3) is 0.350. The van der Waals surface area contributed by atoms with Crippen molar-refractivity contribution in [3.05, 3.63) is 47.5 Å². The molecule has 1 aliphatic rings. The first-order valence-corrected chi connectivity index (χ1v) is 8.49. The number of phenols is 4. The van der Waals surface area contributed by atoms with E-state index in [4.69, 9.17) is 0 Å². The molecule has 0 saturated heterocycles. The Morgan fingerprint density at radius 1 is 0.720 bits per heavy atom. The van der Waals surface area contributed by atoms with Crippen LogP contribution in [0.1, 0.15) is 30.4 Å². The summed E-state index contributed by atoms with van der Waals surface area (Å²) in [5, 5.41) is 38.0. The lowest BCUT2D eigenvalue weighted by Crippen LogP contribution is -2.31. The Labute approximate surface area is 146 Å². The zero-order valence-corrected chi connectivity index (χ0v) is 13.9. The minimum atomic E-state index is -0.170. The second-order valence-corrected chi connectivity index (χ2v) is 6.78. The molecule has 5 heteroatoms. The predicted molar refractivity (Wildman–Crippen MR) is 92.8 cm³/mol. The average molecular weight is 342 g/mol. The van der Waals surface area contributed by atoms with Crippen LogP contribution in [0.4, 0.5) is 0 Å². The van der Waals surface area contributed by atoms with Crippen molar-refractivity contribution in [3.63, 3.8) is 0 Å². The molecule has 0 bridgehead atoms. The van der Waals surface area contributed by atoms with Gasteiger partial charge in [0.2, 0.25) is 0 Å². The van der Waals surface area contributed by atoms with E-state index < -0.39 is 0 Å². The van der Waals surface area contributed by atoms with Crippen LogP contribution in [-0.2, 0) is 17.6 Å². The molecule has 0 spiro atoms. The van der Waals surface area contributed by atoms with Crippen LogP contribution in [0, 0.1) is 11.8 Å². The molecule has 0 radical (unpaired) electrons. The van der Waals surface area contributed by atoms with E-state index in [-0.39, 0.29) is 40.6 Å². The molecule has 3 rings (SSSR count). The highest BCUT2D eigenvalue weighted by atomic mass is 16.3. The third kappa shape index (κ3) is 3.87. The first-order chi connectivity index (χ1) is 11.9. The van der Waals surface area contributed by atoms with Gasteiger partial charge in [0.1, 0.15) is 5.78 Å². The Morgan fingerprint density at radius 2 is 1.16 bits per heavy atom. The molecule has 5 nitrogen and oxygen atoms in total. The van der Waals surface area contributed by atoms with E-state index in [9.17, 15) is 25.2 Å². The third-order valence-corrected chi connectivity index (χ3v) is 4.95. The number of aromatic hydroxyl groups is 4. The Hall–Kier alpha value is -2.69. The Morgan fingerprint density at radius 3 is 1.56 bits per heavy atom. The van der Waals surface area contributed by atoms with Crippen LogP contribution in [0.5, 0.6) is 23.0 Å². The number of carbonyl (C=O) groups excluding carboxylic acids is 1. The Kier molecular flexibility index (Phi) is 4.83. The van der Waals surface area contributed by atoms with Crippen LogP contribution in [0.2, 0.25) is 0 Å². The van der Waals surface area contributed by atoms with Crippen molar-refractivity contribution in [2.75, 3.05) is 0 Å². The number of phenolic OH excluding ortho intramolecular Hbond substituents is 4. The van der Waals surface area contributed by atoms with Gasteiger partial charge in [-0.05, 0) is 61.1 Å². The molecule has 0 heterocycles. The van der Waals surface area contributed by atoms with Gasteiger partial charge in [-0.2, -0.15) is 0 Å². The number of ketones is 1. The molecule has 2 aromatic rings. The van der Waals surface area contributed by atoms with E-state index in [0.717, 1.165) is 30.4 Å². The van der Waals surface area contributed by atoms with Crippen LogP contribution in [0.15, 0.2) is 36.4 Å². The molecule has 2 atom stereocenters. The third-order valence-electron chi connectivity index (χ3n) is 4.95. The standard InChI is InChI=1S/C20H22O5/c21-16-6-4-12(10-18(16)23)8-14-2-1-3-15(20(14)25)9-13-5-7-17(22)19(24)11-13/h4-7,10-11,14-15,21-24H,1-3,8-9H2. The van der Waals surface area contributed by atoms with Crippen LogP contribution in [-0.4, -0.2) is 26.2 Å². The summed E-state index contributed by atoms with van der Waals surface area (Å²) >= 11 is 0. The summed E-state index contributed by atoms with van der Waals surface area (Å²) in [5.41, 5.74) is 1.66. The molecule has 1 aliphatic carbocycles. The van der Waals surface area contributed by atoms with Crippen LogP contribution in [0.3, 0.4) is 0 Å². The molecule has 2 aromatic carbocycles. The van der Waals surface area contributed by atoms with Gasteiger partial charge >= 0.3 is 0 Å². The van der Waals surface area contributed by atoms with Gasteiger partial charge in [0.05, 0.1) is 0 Å². The first-order valence-electron chi connectivity index (χ1n) is 8.49. The van der Waals surface area contributed by atoms with Crippen molar-refractivity contribution in [2.24, 2.45) is 11.8 Å². The fourth-order valence-corrected chi connectivity index (χ4v) is 3.59. The molecular weight excluding hydrogens is 320 g/mol. The fourth-order valence-electron chi connectivity index (χ4n) is 3.59. The van der Waals surface area contributed by atoms with E-state index in [1.165, 1.54) is 24.3 Å². The van der Waals surface area contributed by atoms with E-state index in [0.29, 0.717) is 12.8 Å². The number of Topliss-reactive ketones (excluding diaryl/α,β-unsaturated/α-hetero) is 1. The number of carbonyl (C=O) groups is 1. The number of benzene rings is 2. The summed E-state index contributed by atoms with van der Waals surface area (Å²) in [6.07, 6.45) is 3.68. The maximum Gasteiger partial charge on any atom is 0.157 e. The smallest absolute Gasteiger partial charge is 0.157 e. The molecule has 132 valence electrons. The minimum Gasteiger partial charge on any atom is -0.504 e. The van der Waals surface area contributed by atoms with Crippen molar-refractivity contribution in [1.82, 2.24) is 0 Å². The molecule has 4 N–H and O–H groups in total. The summed E-state index contributed by atoms with van der Waals surface area (Å²) in [4.78, 5) is 12.8. The van der Waals surface area contributed by atoms with Crippen LogP contribution >= 0.6 is 0 Å². The van der Waals surface area contributed by atoms with Crippen molar-refractivity contribution in [1.29, 1.82) is 0 Å². The molecule has 0 amide bonds. The molecule has 1 saturated carbocycles. The highest BCUT2D eigenvalue weighted by molar-refractivity contribution is 5.84. The second-order valence-electron chi connectivity index (χ2n) is 6.78. The lowest BCUT2D eigenvalue weighted by atomic mass is 9.75. The quantitative estimate of drug-likeness (QED) is 0.639. The maximum absolute atomic E-state index is 12.8. The van der Waals surface area contributed by atoms with E-state index >= 15 is 0 Å². The van der Waals surface area contributed by atoms with Gasteiger partial charge in [-0.1, -0.05) is 18.6 Å². The van der Waals surface area contributed by atoms with Gasteiger partial charge < -0.3 is 20.4 Å². The lowest BCUT2D eigenvalue weighted by Gasteiger charge is -2.28. The van der Waals surface area contributed by atoms with Crippen molar-refractivity contribution >= 4 is 5.78 Å². The van der Waals surface area contributed by atoms with Gasteiger partial charge in [0, 0.05) is 11.8 Å². The number of hydrogen-bond donors (Lipinski definition) is 4. The lowest BCUT2D eigenvalue weighted by molar-refractivity contribution is -0.129. The van der Waals surface area contributed by atoms with E-state index in [2.05, 4.69) is 0 Å². The zero-order valence-electron chi connectivity index (χ0n) is 13.9. The maximum atomic E-state index is 12.8. The molecule has 0 aromatic heterocycles. The SMILES string of the molecule is O=C1C(Cc2ccc(O)c(O)c2)CCCC1Cc1ccc(O)c(O)c1. The molecular formula is C20H22O5. The molecule has 2 unspecified atom stereocenters. The summed E-state index contributed by atoms with van der Waals surface area (Å²) in [6, 6.07) is 9.34. The Bertz CT molecular complexity index is 720.